The minimum Gasteiger partial charge on any atom is -0.481 e. The topological polar surface area (TPSA) is 96.4 Å². The monoisotopic (exact) mass is 368 g/mol. The van der Waals surface area contributed by atoms with Crippen molar-refractivity contribution in [1.82, 2.24) is 10.3 Å². The predicted octanol–water partition coefficient (Wildman–Crippen LogP) is 2.03. The maximum Gasteiger partial charge on any atom is 0.306 e. The number of Topliss-reactive ketones (excluding diaryl/α,β-unsaturated/α-hetero) is 1. The molecule has 1 aromatic heterocycles. The van der Waals surface area contributed by atoms with Gasteiger partial charge in [0.2, 0.25) is 5.91 Å². The molecule has 1 aliphatic carbocycles. The lowest BCUT2D eigenvalue weighted by molar-refractivity contribution is -0.144. The predicted molar refractivity (Wildman–Crippen MR) is 82.4 cm³/mol. The summed E-state index contributed by atoms with van der Waals surface area (Å²) in [6.45, 7) is -0.0961. The zero-order valence-electron chi connectivity index (χ0n) is 11.9. The Labute approximate surface area is 136 Å². The summed E-state index contributed by atoms with van der Waals surface area (Å²) in [6.07, 6.45) is 2.11. The number of pyridine rings is 1. The average Bonchev–Trinajstić information content (AvgIpc) is 2.52. The molecule has 1 amide bonds. The number of carbonyl (C=O) groups excluding carboxylic acids is 2. The molecule has 0 radical (unpaired) electrons. The van der Waals surface area contributed by atoms with E-state index < -0.39 is 5.97 Å². The molecule has 0 unspecified atom stereocenters. The van der Waals surface area contributed by atoms with Gasteiger partial charge in [0.1, 0.15) is 10.3 Å². The summed E-state index contributed by atoms with van der Waals surface area (Å²) in [6, 6.07) is 5.02. The minimum absolute atomic E-state index is 0.0961. The zero-order chi connectivity index (χ0) is 16.1. The molecular formula is C15H17BrN2O4. The van der Waals surface area contributed by atoms with Gasteiger partial charge in [0.15, 0.2) is 5.78 Å². The van der Waals surface area contributed by atoms with Crippen molar-refractivity contribution in [2.75, 3.05) is 6.54 Å². The SMILES string of the molecule is O=C(CNC(=O)[C@H]1CC[C@H](C(=O)O)CC1)c1cccc(Br)n1. The van der Waals surface area contributed by atoms with E-state index in [0.717, 1.165) is 0 Å². The third-order valence-corrected chi connectivity index (χ3v) is 4.31. The number of halogens is 1. The Hall–Kier alpha value is -1.76. The highest BCUT2D eigenvalue weighted by atomic mass is 79.9. The molecule has 2 N–H and O–H groups in total. The molecule has 0 aromatic carbocycles. The van der Waals surface area contributed by atoms with E-state index in [2.05, 4.69) is 26.2 Å². The number of aliphatic carboxylic acids is 1. The van der Waals surface area contributed by atoms with Crippen LogP contribution in [-0.2, 0) is 9.59 Å². The van der Waals surface area contributed by atoms with Gasteiger partial charge in [-0.2, -0.15) is 0 Å². The van der Waals surface area contributed by atoms with E-state index in [1.807, 2.05) is 0 Å². The van der Waals surface area contributed by atoms with Crippen LogP contribution < -0.4 is 5.32 Å². The fourth-order valence-corrected chi connectivity index (χ4v) is 2.91. The van der Waals surface area contributed by atoms with Crippen LogP contribution in [0, 0.1) is 11.8 Å². The molecule has 1 fully saturated rings. The Kier molecular flexibility index (Phi) is 5.65. The van der Waals surface area contributed by atoms with Gasteiger partial charge in [-0.05, 0) is 53.7 Å². The van der Waals surface area contributed by atoms with Crippen LogP contribution in [0.4, 0.5) is 0 Å². The summed E-state index contributed by atoms with van der Waals surface area (Å²) in [5, 5.41) is 11.6. The number of nitrogens with zero attached hydrogens (tertiary/aromatic N) is 1. The van der Waals surface area contributed by atoms with Crippen molar-refractivity contribution in [3.05, 3.63) is 28.5 Å². The van der Waals surface area contributed by atoms with Crippen LogP contribution in [0.5, 0.6) is 0 Å². The van der Waals surface area contributed by atoms with E-state index in [-0.39, 0.29) is 30.1 Å². The fourth-order valence-electron chi connectivity index (χ4n) is 2.57. The van der Waals surface area contributed by atoms with Crippen molar-refractivity contribution in [3.63, 3.8) is 0 Å². The van der Waals surface area contributed by atoms with Gasteiger partial charge < -0.3 is 10.4 Å². The summed E-state index contributed by atoms with van der Waals surface area (Å²) in [5.41, 5.74) is 0.296. The molecule has 0 spiro atoms. The first-order valence-corrected chi connectivity index (χ1v) is 7.93. The summed E-state index contributed by atoms with van der Waals surface area (Å²) in [5.74, 6) is -1.80. The molecular weight excluding hydrogens is 352 g/mol. The number of hydrogen-bond acceptors (Lipinski definition) is 4. The molecule has 0 saturated heterocycles. The first-order chi connectivity index (χ1) is 10.5. The number of carbonyl (C=O) groups is 3. The zero-order valence-corrected chi connectivity index (χ0v) is 13.5. The number of carboxylic acid groups (broad SMARTS) is 1. The number of nitrogens with one attached hydrogen (secondary N) is 1. The van der Waals surface area contributed by atoms with Gasteiger partial charge in [0, 0.05) is 5.92 Å². The van der Waals surface area contributed by atoms with Gasteiger partial charge in [0.05, 0.1) is 12.5 Å². The first-order valence-electron chi connectivity index (χ1n) is 7.13. The van der Waals surface area contributed by atoms with Crippen molar-refractivity contribution in [2.24, 2.45) is 11.8 Å². The average molecular weight is 369 g/mol. The summed E-state index contributed by atoms with van der Waals surface area (Å²) in [4.78, 5) is 38.9. The van der Waals surface area contributed by atoms with E-state index in [1.54, 1.807) is 18.2 Å². The van der Waals surface area contributed by atoms with Crippen LogP contribution in [0.25, 0.3) is 0 Å². The van der Waals surface area contributed by atoms with E-state index in [1.165, 1.54) is 0 Å². The molecule has 1 aromatic rings. The van der Waals surface area contributed by atoms with Gasteiger partial charge in [-0.25, -0.2) is 4.98 Å². The summed E-state index contributed by atoms with van der Waals surface area (Å²) in [7, 11) is 0. The van der Waals surface area contributed by atoms with Gasteiger partial charge in [-0.1, -0.05) is 6.07 Å². The van der Waals surface area contributed by atoms with E-state index in [4.69, 9.17) is 5.11 Å². The maximum absolute atomic E-state index is 12.0. The van der Waals surface area contributed by atoms with Gasteiger partial charge in [-0.3, -0.25) is 14.4 Å². The molecule has 0 atom stereocenters. The number of amides is 1. The Balaban J connectivity index is 1.81. The van der Waals surface area contributed by atoms with Crippen LogP contribution in [0.1, 0.15) is 36.2 Å². The normalized spacial score (nSPS) is 21.1. The molecule has 0 aliphatic heterocycles. The summed E-state index contributed by atoms with van der Waals surface area (Å²) >= 11 is 3.19. The number of aromatic nitrogens is 1. The lowest BCUT2D eigenvalue weighted by Crippen LogP contribution is -2.37. The molecule has 2 rings (SSSR count). The number of rotatable bonds is 5. The Morgan fingerprint density at radius 3 is 2.41 bits per heavy atom. The fraction of sp³-hybridized carbons (Fsp3) is 0.467. The van der Waals surface area contributed by atoms with Crippen molar-refractivity contribution in [1.29, 1.82) is 0 Å². The van der Waals surface area contributed by atoms with Crippen LogP contribution >= 0.6 is 15.9 Å². The Bertz CT molecular complexity index is 583. The smallest absolute Gasteiger partial charge is 0.306 e. The second-order valence-corrected chi connectivity index (χ2v) is 6.19. The number of ketones is 1. The van der Waals surface area contributed by atoms with Crippen LogP contribution in [0.3, 0.4) is 0 Å². The first kappa shape index (κ1) is 16.6. The highest BCUT2D eigenvalue weighted by molar-refractivity contribution is 9.10. The lowest BCUT2D eigenvalue weighted by Gasteiger charge is -2.25. The molecule has 22 heavy (non-hydrogen) atoms. The maximum atomic E-state index is 12.0. The molecule has 1 aliphatic rings. The largest absolute Gasteiger partial charge is 0.481 e. The quantitative estimate of drug-likeness (QED) is 0.612. The van der Waals surface area contributed by atoms with Crippen LogP contribution in [0.15, 0.2) is 22.8 Å². The second-order valence-electron chi connectivity index (χ2n) is 5.37. The van der Waals surface area contributed by atoms with Gasteiger partial charge in [-0.15, -0.1) is 0 Å². The van der Waals surface area contributed by atoms with Crippen LogP contribution in [0.2, 0.25) is 0 Å². The standard InChI is InChI=1S/C15H17BrN2O4/c16-13-3-1-2-11(18-13)12(19)8-17-14(20)9-4-6-10(7-5-9)15(21)22/h1-3,9-10H,4-8H2,(H,17,20)(H,21,22)/t9-,10-. The molecule has 0 bridgehead atoms. The second kappa shape index (κ2) is 7.49. The highest BCUT2D eigenvalue weighted by Gasteiger charge is 2.29. The molecule has 118 valence electrons. The van der Waals surface area contributed by atoms with Gasteiger partial charge >= 0.3 is 5.97 Å². The number of carboxylic acids is 1. The summed E-state index contributed by atoms with van der Waals surface area (Å²) < 4.78 is 0.566. The molecule has 6 nitrogen and oxygen atoms in total. The van der Waals surface area contributed by atoms with Crippen LogP contribution in [-0.4, -0.2) is 34.3 Å². The third kappa shape index (κ3) is 4.37. The highest BCUT2D eigenvalue weighted by Crippen LogP contribution is 2.28. The third-order valence-electron chi connectivity index (χ3n) is 3.87. The van der Waals surface area contributed by atoms with E-state index >= 15 is 0 Å². The molecule has 1 saturated carbocycles. The Morgan fingerprint density at radius 1 is 1.18 bits per heavy atom. The number of hydrogen-bond donors (Lipinski definition) is 2. The Morgan fingerprint density at radius 2 is 1.82 bits per heavy atom. The van der Waals surface area contributed by atoms with E-state index in [0.29, 0.717) is 36.0 Å². The van der Waals surface area contributed by atoms with Crippen molar-refractivity contribution in [2.45, 2.75) is 25.7 Å². The lowest BCUT2D eigenvalue weighted by atomic mass is 9.81. The van der Waals surface area contributed by atoms with Crippen molar-refractivity contribution in [3.8, 4) is 0 Å². The van der Waals surface area contributed by atoms with Crippen molar-refractivity contribution >= 4 is 33.6 Å². The van der Waals surface area contributed by atoms with Gasteiger partial charge in [0.25, 0.3) is 0 Å². The minimum atomic E-state index is -0.797. The molecule has 1 heterocycles. The van der Waals surface area contributed by atoms with E-state index in [9.17, 15) is 14.4 Å². The van der Waals surface area contributed by atoms with Crippen molar-refractivity contribution < 1.29 is 19.5 Å². The molecule has 7 heteroatoms.